The van der Waals surface area contributed by atoms with E-state index in [9.17, 15) is 20.4 Å². The zero-order chi connectivity index (χ0) is 12.9. The lowest BCUT2D eigenvalue weighted by atomic mass is 9.85. The quantitative estimate of drug-likeness (QED) is 0.441. The van der Waals surface area contributed by atoms with Crippen molar-refractivity contribution in [2.75, 3.05) is 0 Å². The molecule has 6 atom stereocenters. The first-order chi connectivity index (χ1) is 8.54. The first kappa shape index (κ1) is 12.8. The Balaban J connectivity index is 1.82. The molecule has 1 aliphatic heterocycles. The summed E-state index contributed by atoms with van der Waals surface area (Å²) in [6, 6.07) is 0. The van der Waals surface area contributed by atoms with Crippen LogP contribution in [-0.4, -0.2) is 62.8 Å². The summed E-state index contributed by atoms with van der Waals surface area (Å²) in [5.74, 6) is -0.751. The summed E-state index contributed by atoms with van der Waals surface area (Å²) in [6.45, 7) is 0. The van der Waals surface area contributed by atoms with Crippen LogP contribution in [0.25, 0.3) is 0 Å². The second-order valence-corrected chi connectivity index (χ2v) is 5.60. The highest BCUT2D eigenvalue weighted by atomic mass is 16.8. The average molecular weight is 260 g/mol. The molecule has 2 saturated carbocycles. The molecule has 1 heterocycles. The molecule has 0 radical (unpaired) electrons. The van der Waals surface area contributed by atoms with Gasteiger partial charge in [-0.25, -0.2) is 0 Å². The number of aliphatic hydroxyl groups excluding tert-OH is 4. The maximum absolute atomic E-state index is 9.92. The van der Waals surface area contributed by atoms with Crippen LogP contribution in [0.1, 0.15) is 32.1 Å². The molecule has 0 amide bonds. The third kappa shape index (κ3) is 1.79. The van der Waals surface area contributed by atoms with Crippen LogP contribution in [0.5, 0.6) is 0 Å². The Morgan fingerprint density at radius 1 is 0.667 bits per heavy atom. The number of hydrogen-bond donors (Lipinski definition) is 4. The van der Waals surface area contributed by atoms with Crippen molar-refractivity contribution in [2.45, 2.75) is 74.5 Å². The number of aliphatic hydroxyl groups is 4. The fraction of sp³-hybridized carbons (Fsp3) is 1.00. The summed E-state index contributed by atoms with van der Waals surface area (Å²) in [5, 5.41) is 39.2. The zero-order valence-corrected chi connectivity index (χ0v) is 10.1. The largest absolute Gasteiger partial charge is 0.387 e. The van der Waals surface area contributed by atoms with Crippen LogP contribution in [0.4, 0.5) is 0 Å². The minimum absolute atomic E-state index is 0.728. The molecule has 0 aromatic heterocycles. The van der Waals surface area contributed by atoms with E-state index in [1.54, 1.807) is 0 Å². The Morgan fingerprint density at radius 3 is 1.56 bits per heavy atom. The summed E-state index contributed by atoms with van der Waals surface area (Å²) >= 11 is 0. The van der Waals surface area contributed by atoms with E-state index in [-0.39, 0.29) is 0 Å². The van der Waals surface area contributed by atoms with E-state index in [0.29, 0.717) is 0 Å². The molecular formula is C12H20O6. The van der Waals surface area contributed by atoms with Gasteiger partial charge in [0, 0.05) is 12.8 Å². The Labute approximate surface area is 105 Å². The minimum atomic E-state index is -1.40. The van der Waals surface area contributed by atoms with Gasteiger partial charge in [0.25, 0.3) is 0 Å². The number of hydrogen-bond acceptors (Lipinski definition) is 6. The second kappa shape index (κ2) is 4.40. The molecular weight excluding hydrogens is 240 g/mol. The van der Waals surface area contributed by atoms with E-state index in [1.165, 1.54) is 0 Å². The molecule has 1 spiro atoms. The Bertz CT molecular complexity index is 292. The lowest BCUT2D eigenvalue weighted by Crippen LogP contribution is -2.62. The Kier molecular flexibility index (Phi) is 3.12. The highest BCUT2D eigenvalue weighted by molar-refractivity contribution is 5.04. The smallest absolute Gasteiger partial charge is 0.169 e. The molecule has 18 heavy (non-hydrogen) atoms. The zero-order valence-electron chi connectivity index (χ0n) is 10.1. The SMILES string of the molecule is O[C@@H]1[C@H](O)[C@H](O)[C@H]2OC3(CCCCC3)O[C@H]2[C@@H]1O. The molecule has 3 aliphatic rings. The van der Waals surface area contributed by atoms with E-state index >= 15 is 0 Å². The van der Waals surface area contributed by atoms with Crippen molar-refractivity contribution in [2.24, 2.45) is 0 Å². The predicted molar refractivity (Wildman–Crippen MR) is 59.6 cm³/mol. The molecule has 6 heteroatoms. The molecule has 2 aliphatic carbocycles. The third-order valence-electron chi connectivity index (χ3n) is 4.36. The van der Waals surface area contributed by atoms with Gasteiger partial charge in [-0.1, -0.05) is 6.42 Å². The fourth-order valence-corrected chi connectivity index (χ4v) is 3.30. The van der Waals surface area contributed by atoms with Crippen molar-refractivity contribution in [3.8, 4) is 0 Å². The topological polar surface area (TPSA) is 99.4 Å². The van der Waals surface area contributed by atoms with Crippen molar-refractivity contribution in [3.05, 3.63) is 0 Å². The minimum Gasteiger partial charge on any atom is -0.387 e. The molecule has 1 saturated heterocycles. The highest BCUT2D eigenvalue weighted by Gasteiger charge is 2.59. The summed E-state index contributed by atoms with van der Waals surface area (Å²) in [4.78, 5) is 0. The predicted octanol–water partition coefficient (Wildman–Crippen LogP) is -1.11. The lowest BCUT2D eigenvalue weighted by molar-refractivity contribution is -0.203. The normalized spacial score (nSPS) is 51.3. The van der Waals surface area contributed by atoms with E-state index < -0.39 is 42.4 Å². The molecule has 6 nitrogen and oxygen atoms in total. The maximum Gasteiger partial charge on any atom is 0.169 e. The van der Waals surface area contributed by atoms with Crippen molar-refractivity contribution < 1.29 is 29.9 Å². The van der Waals surface area contributed by atoms with Gasteiger partial charge < -0.3 is 29.9 Å². The number of rotatable bonds is 0. The van der Waals surface area contributed by atoms with Gasteiger partial charge in [-0.05, 0) is 12.8 Å². The third-order valence-corrected chi connectivity index (χ3v) is 4.36. The van der Waals surface area contributed by atoms with Gasteiger partial charge in [0.05, 0.1) is 0 Å². The van der Waals surface area contributed by atoms with E-state index in [0.717, 1.165) is 32.1 Å². The van der Waals surface area contributed by atoms with Gasteiger partial charge in [0.2, 0.25) is 0 Å². The van der Waals surface area contributed by atoms with Crippen LogP contribution in [0.2, 0.25) is 0 Å². The van der Waals surface area contributed by atoms with Crippen LogP contribution in [0.15, 0.2) is 0 Å². The van der Waals surface area contributed by atoms with Crippen LogP contribution >= 0.6 is 0 Å². The molecule has 0 unspecified atom stereocenters. The molecule has 4 N–H and O–H groups in total. The maximum atomic E-state index is 9.92. The van der Waals surface area contributed by atoms with Crippen molar-refractivity contribution >= 4 is 0 Å². The first-order valence-electron chi connectivity index (χ1n) is 6.62. The lowest BCUT2D eigenvalue weighted by Gasteiger charge is -2.38. The van der Waals surface area contributed by atoms with Gasteiger partial charge in [0.15, 0.2) is 5.79 Å². The van der Waals surface area contributed by atoms with Crippen LogP contribution in [-0.2, 0) is 9.47 Å². The summed E-state index contributed by atoms with van der Waals surface area (Å²) in [5.41, 5.74) is 0. The number of ether oxygens (including phenoxy) is 2. The summed E-state index contributed by atoms with van der Waals surface area (Å²) in [7, 11) is 0. The first-order valence-corrected chi connectivity index (χ1v) is 6.62. The molecule has 104 valence electrons. The van der Waals surface area contributed by atoms with Gasteiger partial charge in [0.1, 0.15) is 36.6 Å². The monoisotopic (exact) mass is 260 g/mol. The van der Waals surface area contributed by atoms with Crippen LogP contribution < -0.4 is 0 Å². The fourth-order valence-electron chi connectivity index (χ4n) is 3.30. The average Bonchev–Trinajstić information content (AvgIpc) is 2.74. The molecule has 0 aromatic carbocycles. The highest BCUT2D eigenvalue weighted by Crippen LogP contribution is 2.44. The van der Waals surface area contributed by atoms with Crippen molar-refractivity contribution in [1.29, 1.82) is 0 Å². The number of fused-ring (bicyclic) bond motifs is 1. The van der Waals surface area contributed by atoms with Crippen molar-refractivity contribution in [1.82, 2.24) is 0 Å². The standard InChI is InChI=1S/C12H20O6/c13-6-7(14)9(16)11-10(8(6)15)17-12(18-11)4-2-1-3-5-12/h6-11,13-16H,1-5H2/t6-,7+,8-,9+,10+,11-. The van der Waals surface area contributed by atoms with Gasteiger partial charge in [-0.15, -0.1) is 0 Å². The molecule has 3 fully saturated rings. The Morgan fingerprint density at radius 2 is 1.11 bits per heavy atom. The Hall–Kier alpha value is -0.240. The van der Waals surface area contributed by atoms with Crippen molar-refractivity contribution in [3.63, 3.8) is 0 Å². The van der Waals surface area contributed by atoms with E-state index in [1.807, 2.05) is 0 Å². The van der Waals surface area contributed by atoms with E-state index in [2.05, 4.69) is 0 Å². The van der Waals surface area contributed by atoms with Gasteiger partial charge in [-0.3, -0.25) is 0 Å². The van der Waals surface area contributed by atoms with Crippen LogP contribution in [0, 0.1) is 0 Å². The second-order valence-electron chi connectivity index (χ2n) is 5.60. The molecule has 0 bridgehead atoms. The molecule has 3 rings (SSSR count). The molecule has 0 aromatic rings. The summed E-state index contributed by atoms with van der Waals surface area (Å²) in [6.07, 6.45) is -2.24. The summed E-state index contributed by atoms with van der Waals surface area (Å²) < 4.78 is 11.6. The van der Waals surface area contributed by atoms with Gasteiger partial charge in [-0.2, -0.15) is 0 Å². The van der Waals surface area contributed by atoms with E-state index in [4.69, 9.17) is 9.47 Å². The van der Waals surface area contributed by atoms with Gasteiger partial charge >= 0.3 is 0 Å². The van der Waals surface area contributed by atoms with Crippen LogP contribution in [0.3, 0.4) is 0 Å².